The van der Waals surface area contributed by atoms with Crippen molar-refractivity contribution in [3.8, 4) is 0 Å². The maximum atomic E-state index is 6.18. The van der Waals surface area contributed by atoms with E-state index >= 15 is 0 Å². The first-order valence-corrected chi connectivity index (χ1v) is 7.87. The van der Waals surface area contributed by atoms with Gasteiger partial charge in [0.1, 0.15) is 0 Å². The third kappa shape index (κ3) is 2.62. The van der Waals surface area contributed by atoms with Gasteiger partial charge in [0, 0.05) is 17.3 Å². The Bertz CT molecular complexity index is 543. The molecule has 0 aromatic heterocycles. The molecule has 2 heterocycles. The quantitative estimate of drug-likeness (QED) is 0.913. The molecule has 1 fully saturated rings. The first-order valence-electron chi connectivity index (χ1n) is 7.49. The first-order chi connectivity index (χ1) is 10.0. The molecule has 4 nitrogen and oxygen atoms in total. The smallest absolute Gasteiger partial charge is 0.196 e. The van der Waals surface area contributed by atoms with Crippen LogP contribution in [-0.4, -0.2) is 30.8 Å². The van der Waals surface area contributed by atoms with E-state index in [1.165, 1.54) is 0 Å². The van der Waals surface area contributed by atoms with Crippen LogP contribution in [0.1, 0.15) is 26.7 Å². The van der Waals surface area contributed by atoms with Gasteiger partial charge in [-0.3, -0.25) is 4.99 Å². The van der Waals surface area contributed by atoms with Crippen LogP contribution in [0, 0.1) is 5.92 Å². The minimum absolute atomic E-state index is 0.0505. The highest BCUT2D eigenvalue weighted by Crippen LogP contribution is 2.39. The fourth-order valence-electron chi connectivity index (χ4n) is 3.32. The lowest BCUT2D eigenvalue weighted by Crippen LogP contribution is -2.57. The van der Waals surface area contributed by atoms with Gasteiger partial charge in [-0.25, -0.2) is 0 Å². The summed E-state index contributed by atoms with van der Waals surface area (Å²) in [7, 11) is 0. The largest absolute Gasteiger partial charge is 0.378 e. The van der Waals surface area contributed by atoms with E-state index in [0.29, 0.717) is 11.9 Å². The van der Waals surface area contributed by atoms with Gasteiger partial charge in [-0.15, -0.1) is 0 Å². The molecule has 0 saturated carbocycles. The van der Waals surface area contributed by atoms with E-state index in [0.717, 1.165) is 36.7 Å². The van der Waals surface area contributed by atoms with Crippen molar-refractivity contribution in [2.24, 2.45) is 16.6 Å². The molecule has 1 saturated heterocycles. The van der Waals surface area contributed by atoms with Gasteiger partial charge in [0.05, 0.1) is 18.2 Å². The summed E-state index contributed by atoms with van der Waals surface area (Å²) in [6, 6.07) is 7.82. The standard InChI is InChI=1S/C16H22ClN3O/c1-11(2)14-9-16(7-8-21-14)10-19-15(18)20(16)13-5-3-12(17)4-6-13/h3-6,11,14H,7-10H2,1-2H3,(H2,18,19). The summed E-state index contributed by atoms with van der Waals surface area (Å²) in [5, 5.41) is 0.731. The highest BCUT2D eigenvalue weighted by atomic mass is 35.5. The molecule has 1 aromatic rings. The second kappa shape index (κ2) is 5.50. The lowest BCUT2D eigenvalue weighted by Gasteiger charge is -2.45. The van der Waals surface area contributed by atoms with Gasteiger partial charge in [-0.1, -0.05) is 25.4 Å². The Labute approximate surface area is 130 Å². The predicted octanol–water partition coefficient (Wildman–Crippen LogP) is 3.05. The van der Waals surface area contributed by atoms with E-state index in [1.807, 2.05) is 24.3 Å². The Kier molecular flexibility index (Phi) is 3.84. The van der Waals surface area contributed by atoms with E-state index in [1.54, 1.807) is 0 Å². The summed E-state index contributed by atoms with van der Waals surface area (Å²) in [6.45, 7) is 5.91. The first kappa shape index (κ1) is 14.7. The zero-order valence-corrected chi connectivity index (χ0v) is 13.3. The van der Waals surface area contributed by atoms with E-state index < -0.39 is 0 Å². The molecule has 2 atom stereocenters. The van der Waals surface area contributed by atoms with Crippen LogP contribution in [0.25, 0.3) is 0 Å². The molecule has 1 aromatic carbocycles. The van der Waals surface area contributed by atoms with Crippen LogP contribution < -0.4 is 10.6 Å². The summed E-state index contributed by atoms with van der Waals surface area (Å²) >= 11 is 6.00. The lowest BCUT2D eigenvalue weighted by atomic mass is 9.82. The van der Waals surface area contributed by atoms with Crippen molar-refractivity contribution < 1.29 is 4.74 Å². The molecule has 2 aliphatic rings. The SMILES string of the molecule is CC(C)C1CC2(CCO1)CN=C(N)N2c1ccc(Cl)cc1. The van der Waals surface area contributed by atoms with Crippen LogP contribution in [0.5, 0.6) is 0 Å². The molecule has 0 aliphatic carbocycles. The number of benzene rings is 1. The summed E-state index contributed by atoms with van der Waals surface area (Å²) < 4.78 is 5.93. The van der Waals surface area contributed by atoms with Gasteiger partial charge in [-0.05, 0) is 43.0 Å². The van der Waals surface area contributed by atoms with E-state index in [9.17, 15) is 0 Å². The van der Waals surface area contributed by atoms with Crippen LogP contribution in [0.3, 0.4) is 0 Å². The number of nitrogens with zero attached hydrogens (tertiary/aromatic N) is 2. The molecule has 5 heteroatoms. The van der Waals surface area contributed by atoms with Crippen molar-refractivity contribution in [1.82, 2.24) is 0 Å². The zero-order chi connectivity index (χ0) is 15.0. The highest BCUT2D eigenvalue weighted by Gasteiger charge is 2.47. The summed E-state index contributed by atoms with van der Waals surface area (Å²) in [5.74, 6) is 1.10. The third-order valence-corrected chi connectivity index (χ3v) is 4.80. The Morgan fingerprint density at radius 2 is 2.10 bits per heavy atom. The van der Waals surface area contributed by atoms with Crippen molar-refractivity contribution in [2.75, 3.05) is 18.1 Å². The second-order valence-corrected chi connectivity index (χ2v) is 6.75. The topological polar surface area (TPSA) is 50.9 Å². The average Bonchev–Trinajstić information content (AvgIpc) is 2.77. The monoisotopic (exact) mass is 307 g/mol. The number of anilines is 1. The Balaban J connectivity index is 1.92. The number of hydrogen-bond acceptors (Lipinski definition) is 4. The van der Waals surface area contributed by atoms with Crippen LogP contribution in [0.2, 0.25) is 5.02 Å². The molecule has 2 aliphatic heterocycles. The van der Waals surface area contributed by atoms with Crippen molar-refractivity contribution in [3.63, 3.8) is 0 Å². The fraction of sp³-hybridized carbons (Fsp3) is 0.562. The number of aliphatic imine (C=N–C) groups is 1. The van der Waals surface area contributed by atoms with Gasteiger partial charge in [0.2, 0.25) is 0 Å². The lowest BCUT2D eigenvalue weighted by molar-refractivity contribution is -0.0380. The summed E-state index contributed by atoms with van der Waals surface area (Å²) in [4.78, 5) is 6.70. The van der Waals surface area contributed by atoms with Gasteiger partial charge in [0.25, 0.3) is 0 Å². The molecule has 1 spiro atoms. The Hall–Kier alpha value is -1.26. The summed E-state index contributed by atoms with van der Waals surface area (Å²) in [5.41, 5.74) is 7.19. The van der Waals surface area contributed by atoms with Gasteiger partial charge in [-0.2, -0.15) is 0 Å². The van der Waals surface area contributed by atoms with E-state index in [4.69, 9.17) is 22.1 Å². The molecule has 21 heavy (non-hydrogen) atoms. The van der Waals surface area contributed by atoms with Crippen LogP contribution >= 0.6 is 11.6 Å². The number of halogens is 1. The minimum Gasteiger partial charge on any atom is -0.378 e. The van der Waals surface area contributed by atoms with Crippen LogP contribution in [0.15, 0.2) is 29.3 Å². The summed E-state index contributed by atoms with van der Waals surface area (Å²) in [6.07, 6.45) is 2.16. The van der Waals surface area contributed by atoms with Crippen molar-refractivity contribution in [2.45, 2.75) is 38.3 Å². The van der Waals surface area contributed by atoms with Crippen LogP contribution in [-0.2, 0) is 4.74 Å². The second-order valence-electron chi connectivity index (χ2n) is 6.32. The van der Waals surface area contributed by atoms with Gasteiger partial charge < -0.3 is 15.4 Å². The zero-order valence-electron chi connectivity index (χ0n) is 12.6. The predicted molar refractivity (Wildman–Crippen MR) is 87.0 cm³/mol. The maximum absolute atomic E-state index is 6.18. The molecule has 114 valence electrons. The molecule has 0 amide bonds. The van der Waals surface area contributed by atoms with Crippen molar-refractivity contribution >= 4 is 23.2 Å². The van der Waals surface area contributed by atoms with E-state index in [2.05, 4.69) is 23.7 Å². The Morgan fingerprint density at radius 3 is 2.76 bits per heavy atom. The maximum Gasteiger partial charge on any atom is 0.196 e. The fourth-order valence-corrected chi connectivity index (χ4v) is 3.45. The van der Waals surface area contributed by atoms with Crippen molar-refractivity contribution in [3.05, 3.63) is 29.3 Å². The minimum atomic E-state index is -0.0505. The molecule has 0 bridgehead atoms. The Morgan fingerprint density at radius 1 is 1.38 bits per heavy atom. The number of hydrogen-bond donors (Lipinski definition) is 1. The molecule has 3 rings (SSSR count). The molecular formula is C16H22ClN3O. The van der Waals surface area contributed by atoms with Gasteiger partial charge >= 0.3 is 0 Å². The average molecular weight is 308 g/mol. The van der Waals surface area contributed by atoms with E-state index in [-0.39, 0.29) is 11.6 Å². The number of ether oxygens (including phenoxy) is 1. The van der Waals surface area contributed by atoms with Gasteiger partial charge in [0.15, 0.2) is 5.96 Å². The number of guanidine groups is 1. The molecule has 0 radical (unpaired) electrons. The molecule has 2 unspecified atom stereocenters. The number of rotatable bonds is 2. The highest BCUT2D eigenvalue weighted by molar-refractivity contribution is 6.30. The van der Waals surface area contributed by atoms with Crippen LogP contribution in [0.4, 0.5) is 5.69 Å². The number of nitrogens with two attached hydrogens (primary N) is 1. The third-order valence-electron chi connectivity index (χ3n) is 4.55. The van der Waals surface area contributed by atoms with Crippen molar-refractivity contribution in [1.29, 1.82) is 0 Å². The molecule has 2 N–H and O–H groups in total. The molecular weight excluding hydrogens is 286 g/mol. The normalized spacial score (nSPS) is 29.2.